The summed E-state index contributed by atoms with van der Waals surface area (Å²) >= 11 is 6.33. The second-order valence-electron chi connectivity index (χ2n) is 6.38. The number of nitrogens with two attached hydrogens (primary N) is 1. The molecular formula is C21H17ClFN3O2. The van der Waals surface area contributed by atoms with Gasteiger partial charge in [0.05, 0.1) is 12.1 Å². The summed E-state index contributed by atoms with van der Waals surface area (Å²) in [5.74, 6) is 0.196. The number of benzene rings is 2. The Morgan fingerprint density at radius 1 is 1.18 bits per heavy atom. The number of ether oxygens (including phenoxy) is 2. The van der Waals surface area contributed by atoms with Crippen molar-refractivity contribution in [2.24, 2.45) is 10.7 Å². The van der Waals surface area contributed by atoms with Gasteiger partial charge in [0.2, 0.25) is 0 Å². The minimum absolute atomic E-state index is 0.0687. The molecule has 2 heterocycles. The first-order chi connectivity index (χ1) is 13.5. The molecule has 1 unspecified atom stereocenters. The predicted octanol–water partition coefficient (Wildman–Crippen LogP) is 4.14. The molecule has 1 aliphatic heterocycles. The number of amidine groups is 1. The molecule has 0 saturated carbocycles. The lowest BCUT2D eigenvalue weighted by Crippen LogP contribution is -2.27. The normalized spacial score (nSPS) is 18.5. The van der Waals surface area contributed by atoms with E-state index in [-0.39, 0.29) is 18.4 Å². The number of halogens is 2. The monoisotopic (exact) mass is 397 g/mol. The van der Waals surface area contributed by atoms with Crippen LogP contribution in [0.5, 0.6) is 5.75 Å². The van der Waals surface area contributed by atoms with E-state index in [0.717, 1.165) is 11.1 Å². The highest BCUT2D eigenvalue weighted by Crippen LogP contribution is 2.41. The van der Waals surface area contributed by atoms with Crippen LogP contribution in [0.1, 0.15) is 11.1 Å². The molecule has 7 heteroatoms. The molecule has 0 amide bonds. The van der Waals surface area contributed by atoms with E-state index in [4.69, 9.17) is 26.8 Å². The molecule has 0 fully saturated rings. The molecule has 2 N–H and O–H groups in total. The summed E-state index contributed by atoms with van der Waals surface area (Å²) in [7, 11) is 1.55. The number of hydrogen-bond donors (Lipinski definition) is 1. The van der Waals surface area contributed by atoms with Crippen molar-refractivity contribution in [2.45, 2.75) is 5.54 Å². The standard InChI is InChI=1S/C21H17ClFN3O2/c1-27-19-7-5-15(10-17(19)22)21(12-28-20(24)26-21)14-4-6-18(23)16(9-14)13-3-2-8-25-11-13/h2-11H,12H2,1H3,(H2,24,26). The van der Waals surface area contributed by atoms with Crippen molar-refractivity contribution in [1.29, 1.82) is 0 Å². The fraction of sp³-hybridized carbons (Fsp3) is 0.143. The van der Waals surface area contributed by atoms with Crippen LogP contribution in [0.4, 0.5) is 4.39 Å². The summed E-state index contributed by atoms with van der Waals surface area (Å²) in [5, 5.41) is 0.439. The van der Waals surface area contributed by atoms with Crippen LogP contribution in [0.3, 0.4) is 0 Å². The van der Waals surface area contributed by atoms with Gasteiger partial charge in [-0.1, -0.05) is 29.8 Å². The van der Waals surface area contributed by atoms with Crippen LogP contribution in [-0.4, -0.2) is 24.7 Å². The van der Waals surface area contributed by atoms with Crippen molar-refractivity contribution < 1.29 is 13.9 Å². The van der Waals surface area contributed by atoms with Gasteiger partial charge in [0, 0.05) is 23.5 Å². The molecule has 142 valence electrons. The number of pyridine rings is 1. The summed E-state index contributed by atoms with van der Waals surface area (Å²) in [5.41, 5.74) is 7.49. The molecule has 4 rings (SSSR count). The van der Waals surface area contributed by atoms with Gasteiger partial charge in [0.1, 0.15) is 18.2 Å². The summed E-state index contributed by atoms with van der Waals surface area (Å²) in [6, 6.07) is 13.8. The van der Waals surface area contributed by atoms with Crippen LogP contribution in [-0.2, 0) is 10.3 Å². The Morgan fingerprint density at radius 2 is 1.96 bits per heavy atom. The van der Waals surface area contributed by atoms with Crippen LogP contribution in [0.15, 0.2) is 65.9 Å². The quantitative estimate of drug-likeness (QED) is 0.718. The van der Waals surface area contributed by atoms with Gasteiger partial charge < -0.3 is 15.2 Å². The molecule has 5 nitrogen and oxygen atoms in total. The molecule has 3 aromatic rings. The van der Waals surface area contributed by atoms with E-state index < -0.39 is 5.54 Å². The third kappa shape index (κ3) is 3.05. The molecule has 28 heavy (non-hydrogen) atoms. The van der Waals surface area contributed by atoms with E-state index in [1.54, 1.807) is 55.9 Å². The van der Waals surface area contributed by atoms with Gasteiger partial charge >= 0.3 is 0 Å². The van der Waals surface area contributed by atoms with Gasteiger partial charge in [-0.15, -0.1) is 0 Å². The van der Waals surface area contributed by atoms with Crippen molar-refractivity contribution in [3.8, 4) is 16.9 Å². The average molecular weight is 398 g/mol. The van der Waals surface area contributed by atoms with Gasteiger partial charge in [-0.25, -0.2) is 9.38 Å². The molecule has 2 aromatic carbocycles. The van der Waals surface area contributed by atoms with E-state index in [1.165, 1.54) is 6.07 Å². The van der Waals surface area contributed by atoms with E-state index in [2.05, 4.69) is 9.98 Å². The predicted molar refractivity (Wildman–Crippen MR) is 106 cm³/mol. The Morgan fingerprint density at radius 3 is 2.61 bits per heavy atom. The van der Waals surface area contributed by atoms with Crippen molar-refractivity contribution in [1.82, 2.24) is 4.98 Å². The molecular weight excluding hydrogens is 381 g/mol. The number of aromatic nitrogens is 1. The minimum Gasteiger partial charge on any atom is -0.495 e. The highest BCUT2D eigenvalue weighted by molar-refractivity contribution is 6.32. The molecule has 0 saturated heterocycles. The highest BCUT2D eigenvalue weighted by Gasteiger charge is 2.40. The third-order valence-corrected chi connectivity index (χ3v) is 5.07. The zero-order chi connectivity index (χ0) is 19.7. The SMILES string of the molecule is COc1ccc(C2(c3ccc(F)c(-c4cccnc4)c3)COC(N)=N2)cc1Cl. The maximum absolute atomic E-state index is 14.6. The van der Waals surface area contributed by atoms with Gasteiger partial charge in [0.25, 0.3) is 6.02 Å². The topological polar surface area (TPSA) is 69.7 Å². The zero-order valence-electron chi connectivity index (χ0n) is 15.0. The first-order valence-electron chi connectivity index (χ1n) is 8.56. The summed E-state index contributed by atoms with van der Waals surface area (Å²) in [4.78, 5) is 8.63. The lowest BCUT2D eigenvalue weighted by molar-refractivity contribution is 0.278. The first kappa shape index (κ1) is 18.3. The van der Waals surface area contributed by atoms with Crippen LogP contribution in [0, 0.1) is 5.82 Å². The number of methoxy groups -OCH3 is 1. The Bertz CT molecular complexity index is 1060. The number of aliphatic imine (C=N–C) groups is 1. The van der Waals surface area contributed by atoms with Crippen LogP contribution in [0.25, 0.3) is 11.1 Å². The molecule has 1 atom stereocenters. The highest BCUT2D eigenvalue weighted by atomic mass is 35.5. The Balaban J connectivity index is 1.89. The van der Waals surface area contributed by atoms with E-state index in [1.807, 2.05) is 6.07 Å². The maximum Gasteiger partial charge on any atom is 0.283 e. The zero-order valence-corrected chi connectivity index (χ0v) is 15.8. The molecule has 1 aromatic heterocycles. The second kappa shape index (κ2) is 7.13. The van der Waals surface area contributed by atoms with Crippen molar-refractivity contribution >= 4 is 17.6 Å². The smallest absolute Gasteiger partial charge is 0.283 e. The van der Waals surface area contributed by atoms with Crippen molar-refractivity contribution in [3.05, 3.63) is 82.9 Å². The summed E-state index contributed by atoms with van der Waals surface area (Å²) in [6.45, 7) is 0.180. The minimum atomic E-state index is -0.940. The second-order valence-corrected chi connectivity index (χ2v) is 6.79. The molecule has 0 spiro atoms. The molecule has 0 aliphatic carbocycles. The van der Waals surface area contributed by atoms with E-state index in [0.29, 0.717) is 21.9 Å². The number of nitrogens with zero attached hydrogens (tertiary/aromatic N) is 2. The summed E-state index contributed by atoms with van der Waals surface area (Å²) < 4.78 is 25.3. The number of rotatable bonds is 4. The fourth-order valence-corrected chi connectivity index (χ4v) is 3.60. The maximum atomic E-state index is 14.6. The van der Waals surface area contributed by atoms with Crippen molar-refractivity contribution in [2.75, 3.05) is 13.7 Å². The lowest BCUT2D eigenvalue weighted by Gasteiger charge is -2.26. The van der Waals surface area contributed by atoms with Crippen LogP contribution >= 0.6 is 11.6 Å². The fourth-order valence-electron chi connectivity index (χ4n) is 3.34. The van der Waals surface area contributed by atoms with Gasteiger partial charge in [0.15, 0.2) is 5.54 Å². The molecule has 1 aliphatic rings. The van der Waals surface area contributed by atoms with Crippen LogP contribution in [0.2, 0.25) is 5.02 Å². The van der Waals surface area contributed by atoms with E-state index >= 15 is 0 Å². The van der Waals surface area contributed by atoms with Crippen LogP contribution < -0.4 is 10.5 Å². The number of hydrogen-bond acceptors (Lipinski definition) is 5. The summed E-state index contributed by atoms with van der Waals surface area (Å²) in [6.07, 6.45) is 3.25. The largest absolute Gasteiger partial charge is 0.495 e. The Kier molecular flexibility index (Phi) is 4.65. The molecule has 0 bridgehead atoms. The first-order valence-corrected chi connectivity index (χ1v) is 8.94. The van der Waals surface area contributed by atoms with Gasteiger partial charge in [-0.2, -0.15) is 0 Å². The Labute approximate surface area is 166 Å². The average Bonchev–Trinajstić information content (AvgIpc) is 3.12. The lowest BCUT2D eigenvalue weighted by atomic mass is 9.83. The third-order valence-electron chi connectivity index (χ3n) is 4.78. The van der Waals surface area contributed by atoms with Gasteiger partial charge in [-0.05, 0) is 41.5 Å². The van der Waals surface area contributed by atoms with E-state index in [9.17, 15) is 4.39 Å². The Hall–Kier alpha value is -3.12. The van der Waals surface area contributed by atoms with Gasteiger partial charge in [-0.3, -0.25) is 4.98 Å². The van der Waals surface area contributed by atoms with Crippen molar-refractivity contribution in [3.63, 3.8) is 0 Å². The molecule has 0 radical (unpaired) electrons.